The molecule has 1 aromatic heterocycles. The molecular formula is C22H27IN4O. The molecule has 3 aromatic rings. The molecule has 2 aromatic carbocycles. The van der Waals surface area contributed by atoms with E-state index in [0.717, 1.165) is 40.3 Å². The van der Waals surface area contributed by atoms with Crippen molar-refractivity contribution in [2.24, 2.45) is 4.99 Å². The predicted octanol–water partition coefficient (Wildman–Crippen LogP) is 4.51. The molecule has 1 heterocycles. The van der Waals surface area contributed by atoms with Gasteiger partial charge >= 0.3 is 0 Å². The Morgan fingerprint density at radius 3 is 2.57 bits per heavy atom. The Bertz CT molecular complexity index is 908. The van der Waals surface area contributed by atoms with Crippen LogP contribution in [0.3, 0.4) is 0 Å². The molecule has 0 aliphatic carbocycles. The average molecular weight is 490 g/mol. The number of halogens is 1. The number of nitrogens with zero attached hydrogens (tertiary/aromatic N) is 2. The largest absolute Gasteiger partial charge is 0.494 e. The number of aromatic nitrogens is 1. The average Bonchev–Trinajstić information content (AvgIpc) is 2.71. The fourth-order valence-corrected chi connectivity index (χ4v) is 2.93. The minimum atomic E-state index is 0. The van der Waals surface area contributed by atoms with Crippen LogP contribution in [0.5, 0.6) is 5.75 Å². The maximum absolute atomic E-state index is 5.69. The van der Waals surface area contributed by atoms with Crippen LogP contribution >= 0.6 is 24.0 Å². The molecule has 0 aliphatic heterocycles. The Kier molecular flexibility index (Phi) is 9.00. The number of guanidine groups is 1. The normalized spacial score (nSPS) is 11.0. The summed E-state index contributed by atoms with van der Waals surface area (Å²) in [6.07, 6.45) is 1.83. The van der Waals surface area contributed by atoms with E-state index in [-0.39, 0.29) is 24.0 Å². The molecule has 2 N–H and O–H groups in total. The van der Waals surface area contributed by atoms with E-state index in [4.69, 9.17) is 9.73 Å². The maximum atomic E-state index is 5.69. The molecule has 6 heteroatoms. The molecule has 0 saturated carbocycles. The van der Waals surface area contributed by atoms with Gasteiger partial charge in [0.05, 0.1) is 18.7 Å². The zero-order valence-electron chi connectivity index (χ0n) is 16.3. The molecule has 0 atom stereocenters. The van der Waals surface area contributed by atoms with Crippen LogP contribution in [0.4, 0.5) is 0 Å². The number of fused-ring (bicyclic) bond motifs is 1. The maximum Gasteiger partial charge on any atom is 0.191 e. The van der Waals surface area contributed by atoms with E-state index in [0.29, 0.717) is 19.7 Å². The van der Waals surface area contributed by atoms with Crippen molar-refractivity contribution >= 4 is 40.8 Å². The number of rotatable bonds is 7. The topological polar surface area (TPSA) is 58.5 Å². The van der Waals surface area contributed by atoms with Crippen molar-refractivity contribution in [2.45, 2.75) is 26.9 Å². The first-order valence-electron chi connectivity index (χ1n) is 9.37. The lowest BCUT2D eigenvalue weighted by Crippen LogP contribution is -2.36. The van der Waals surface area contributed by atoms with Gasteiger partial charge in [-0.05, 0) is 31.5 Å². The minimum Gasteiger partial charge on any atom is -0.494 e. The molecule has 0 fully saturated rings. The predicted molar refractivity (Wildman–Crippen MR) is 126 cm³/mol. The summed E-state index contributed by atoms with van der Waals surface area (Å²) >= 11 is 0. The van der Waals surface area contributed by atoms with Crippen molar-refractivity contribution in [1.29, 1.82) is 0 Å². The Morgan fingerprint density at radius 1 is 0.964 bits per heavy atom. The van der Waals surface area contributed by atoms with Gasteiger partial charge in [0.2, 0.25) is 0 Å². The van der Waals surface area contributed by atoms with Gasteiger partial charge in [-0.3, -0.25) is 4.98 Å². The van der Waals surface area contributed by atoms with E-state index in [1.54, 1.807) is 0 Å². The summed E-state index contributed by atoms with van der Waals surface area (Å²) in [5.41, 5.74) is 3.24. The van der Waals surface area contributed by atoms with Crippen LogP contribution in [-0.2, 0) is 13.1 Å². The van der Waals surface area contributed by atoms with Crippen molar-refractivity contribution in [3.8, 4) is 5.75 Å². The molecule has 3 rings (SSSR count). The summed E-state index contributed by atoms with van der Waals surface area (Å²) in [5, 5.41) is 7.85. The number of hydrogen-bond donors (Lipinski definition) is 2. The third-order valence-electron chi connectivity index (χ3n) is 4.19. The highest BCUT2D eigenvalue weighted by atomic mass is 127. The summed E-state index contributed by atoms with van der Waals surface area (Å²) in [6.45, 7) is 6.71. The number of hydrogen-bond acceptors (Lipinski definition) is 3. The third kappa shape index (κ3) is 5.82. The Balaban J connectivity index is 0.00000280. The second kappa shape index (κ2) is 11.5. The summed E-state index contributed by atoms with van der Waals surface area (Å²) in [7, 11) is 0. The van der Waals surface area contributed by atoms with Gasteiger partial charge in [0.15, 0.2) is 5.96 Å². The number of para-hydroxylation sites is 2. The van der Waals surface area contributed by atoms with Crippen LogP contribution in [0.15, 0.2) is 65.8 Å². The quantitative estimate of drug-likeness (QED) is 0.291. The second-order valence-corrected chi connectivity index (χ2v) is 6.08. The fourth-order valence-electron chi connectivity index (χ4n) is 2.93. The number of nitrogens with one attached hydrogen (secondary N) is 2. The fraction of sp³-hybridized carbons (Fsp3) is 0.273. The van der Waals surface area contributed by atoms with E-state index in [1.165, 1.54) is 0 Å². The summed E-state index contributed by atoms with van der Waals surface area (Å²) in [4.78, 5) is 9.23. The lowest BCUT2D eigenvalue weighted by Gasteiger charge is -2.13. The van der Waals surface area contributed by atoms with Gasteiger partial charge in [0.25, 0.3) is 0 Å². The number of pyridine rings is 1. The molecule has 0 spiro atoms. The lowest BCUT2D eigenvalue weighted by molar-refractivity contribution is 0.336. The number of ether oxygens (including phenoxy) is 1. The van der Waals surface area contributed by atoms with Crippen LogP contribution in [0.25, 0.3) is 10.9 Å². The lowest BCUT2D eigenvalue weighted by atomic mass is 10.1. The molecule has 28 heavy (non-hydrogen) atoms. The van der Waals surface area contributed by atoms with E-state index < -0.39 is 0 Å². The van der Waals surface area contributed by atoms with Gasteiger partial charge in [-0.25, -0.2) is 4.99 Å². The van der Waals surface area contributed by atoms with Crippen LogP contribution in [-0.4, -0.2) is 24.1 Å². The van der Waals surface area contributed by atoms with Gasteiger partial charge in [-0.15, -0.1) is 24.0 Å². The molecule has 0 bridgehead atoms. The Labute approximate surface area is 183 Å². The van der Waals surface area contributed by atoms with Gasteiger partial charge in [0, 0.05) is 30.2 Å². The summed E-state index contributed by atoms with van der Waals surface area (Å²) in [6, 6.07) is 18.3. The smallest absolute Gasteiger partial charge is 0.191 e. The van der Waals surface area contributed by atoms with E-state index in [9.17, 15) is 0 Å². The standard InChI is InChI=1S/C22H26N4O.HI/c1-3-23-22(25-15-18-9-5-6-13-20(18)27-4-2)26-16-19-11-7-10-17-12-8-14-24-21(17)19;/h5-14H,3-4,15-16H2,1-2H3,(H2,23,25,26);1H. The molecule has 0 radical (unpaired) electrons. The Morgan fingerprint density at radius 2 is 1.75 bits per heavy atom. The van der Waals surface area contributed by atoms with Crippen molar-refractivity contribution in [3.63, 3.8) is 0 Å². The number of benzene rings is 2. The van der Waals surface area contributed by atoms with E-state index in [1.807, 2.05) is 43.5 Å². The van der Waals surface area contributed by atoms with Crippen molar-refractivity contribution < 1.29 is 4.74 Å². The van der Waals surface area contributed by atoms with Crippen LogP contribution < -0.4 is 15.4 Å². The molecule has 0 saturated heterocycles. The first-order chi connectivity index (χ1) is 13.3. The second-order valence-electron chi connectivity index (χ2n) is 6.08. The van der Waals surface area contributed by atoms with Crippen molar-refractivity contribution in [1.82, 2.24) is 15.6 Å². The monoisotopic (exact) mass is 490 g/mol. The van der Waals surface area contributed by atoms with E-state index >= 15 is 0 Å². The highest BCUT2D eigenvalue weighted by Crippen LogP contribution is 2.19. The molecule has 0 aliphatic rings. The molecule has 5 nitrogen and oxygen atoms in total. The Hall–Kier alpha value is -2.35. The third-order valence-corrected chi connectivity index (χ3v) is 4.19. The highest BCUT2D eigenvalue weighted by molar-refractivity contribution is 14.0. The molecule has 0 unspecified atom stereocenters. The molecule has 148 valence electrons. The molecular weight excluding hydrogens is 463 g/mol. The minimum absolute atomic E-state index is 0. The van der Waals surface area contributed by atoms with Gasteiger partial charge < -0.3 is 15.4 Å². The molecule has 0 amide bonds. The summed E-state index contributed by atoms with van der Waals surface area (Å²) < 4.78 is 5.69. The zero-order chi connectivity index (χ0) is 18.9. The van der Waals surface area contributed by atoms with Crippen molar-refractivity contribution in [3.05, 3.63) is 71.9 Å². The highest BCUT2D eigenvalue weighted by Gasteiger charge is 2.05. The van der Waals surface area contributed by atoms with Crippen LogP contribution in [0, 0.1) is 0 Å². The number of aliphatic imine (C=N–C) groups is 1. The van der Waals surface area contributed by atoms with Crippen LogP contribution in [0.1, 0.15) is 25.0 Å². The first-order valence-corrected chi connectivity index (χ1v) is 9.37. The SMILES string of the molecule is CCNC(=NCc1ccccc1OCC)NCc1cccc2cccnc12.I. The van der Waals surface area contributed by atoms with Crippen molar-refractivity contribution in [2.75, 3.05) is 13.2 Å². The van der Waals surface area contributed by atoms with Gasteiger partial charge in [-0.2, -0.15) is 0 Å². The summed E-state index contributed by atoms with van der Waals surface area (Å²) in [5.74, 6) is 1.66. The van der Waals surface area contributed by atoms with E-state index in [2.05, 4.69) is 46.8 Å². The zero-order valence-corrected chi connectivity index (χ0v) is 18.6. The van der Waals surface area contributed by atoms with Gasteiger partial charge in [-0.1, -0.05) is 42.5 Å². The first kappa shape index (κ1) is 21.9. The van der Waals surface area contributed by atoms with Gasteiger partial charge in [0.1, 0.15) is 5.75 Å². The van der Waals surface area contributed by atoms with Crippen LogP contribution in [0.2, 0.25) is 0 Å².